The van der Waals surface area contributed by atoms with Crippen molar-refractivity contribution in [1.29, 1.82) is 0 Å². The SMILES string of the molecule is CCN(CCO)Cc1cccn1-c1nc2ccc(C)cc2s1. The van der Waals surface area contributed by atoms with Gasteiger partial charge in [0.2, 0.25) is 0 Å². The van der Waals surface area contributed by atoms with Crippen molar-refractivity contribution >= 4 is 21.6 Å². The molecule has 0 saturated carbocycles. The monoisotopic (exact) mass is 315 g/mol. The number of likely N-dealkylation sites (N-methyl/N-ethyl adjacent to an activating group) is 1. The van der Waals surface area contributed by atoms with Crippen LogP contribution >= 0.6 is 11.3 Å². The van der Waals surface area contributed by atoms with Crippen molar-refractivity contribution in [1.82, 2.24) is 14.5 Å². The fourth-order valence-electron chi connectivity index (χ4n) is 2.57. The molecule has 3 rings (SSSR count). The Balaban J connectivity index is 1.92. The van der Waals surface area contributed by atoms with Crippen LogP contribution in [0, 0.1) is 6.92 Å². The van der Waals surface area contributed by atoms with Crippen LogP contribution in [0.3, 0.4) is 0 Å². The maximum absolute atomic E-state index is 9.15. The fraction of sp³-hybridized carbons (Fsp3) is 0.353. The lowest BCUT2D eigenvalue weighted by molar-refractivity contribution is 0.195. The van der Waals surface area contributed by atoms with E-state index in [0.717, 1.165) is 23.7 Å². The lowest BCUT2D eigenvalue weighted by atomic mass is 10.2. The summed E-state index contributed by atoms with van der Waals surface area (Å²) in [6.07, 6.45) is 2.06. The van der Waals surface area contributed by atoms with Crippen LogP contribution in [0.4, 0.5) is 0 Å². The fourth-order valence-corrected chi connectivity index (χ4v) is 3.65. The van der Waals surface area contributed by atoms with Crippen molar-refractivity contribution in [2.45, 2.75) is 20.4 Å². The van der Waals surface area contributed by atoms with Crippen LogP contribution < -0.4 is 0 Å². The lowest BCUT2D eigenvalue weighted by Crippen LogP contribution is -2.27. The van der Waals surface area contributed by atoms with Crippen molar-refractivity contribution < 1.29 is 5.11 Å². The average Bonchev–Trinajstić information content (AvgIpc) is 3.12. The van der Waals surface area contributed by atoms with Gasteiger partial charge in [-0.2, -0.15) is 0 Å². The van der Waals surface area contributed by atoms with E-state index in [-0.39, 0.29) is 6.61 Å². The number of benzene rings is 1. The van der Waals surface area contributed by atoms with E-state index in [9.17, 15) is 0 Å². The lowest BCUT2D eigenvalue weighted by Gasteiger charge is -2.19. The average molecular weight is 315 g/mol. The van der Waals surface area contributed by atoms with Crippen LogP contribution in [0.15, 0.2) is 36.5 Å². The molecule has 2 aromatic heterocycles. The van der Waals surface area contributed by atoms with E-state index in [1.54, 1.807) is 11.3 Å². The zero-order chi connectivity index (χ0) is 15.5. The highest BCUT2D eigenvalue weighted by molar-refractivity contribution is 7.20. The van der Waals surface area contributed by atoms with Gasteiger partial charge in [-0.15, -0.1) is 0 Å². The standard InChI is InChI=1S/C17H21N3OS/c1-3-19(9-10-21)12-14-5-4-8-20(14)17-18-15-7-6-13(2)11-16(15)22-17/h4-8,11,21H,3,9-10,12H2,1-2H3. The van der Waals surface area contributed by atoms with Crippen LogP contribution in [0.25, 0.3) is 15.3 Å². The Morgan fingerprint density at radius 1 is 1.32 bits per heavy atom. The number of hydrogen-bond acceptors (Lipinski definition) is 4. The third-order valence-electron chi connectivity index (χ3n) is 3.82. The quantitative estimate of drug-likeness (QED) is 0.759. The largest absolute Gasteiger partial charge is 0.395 e. The van der Waals surface area contributed by atoms with Crippen LogP contribution in [-0.4, -0.2) is 39.3 Å². The number of hydrogen-bond donors (Lipinski definition) is 1. The minimum atomic E-state index is 0.189. The molecule has 4 nitrogen and oxygen atoms in total. The normalized spacial score (nSPS) is 11.6. The molecule has 1 aromatic carbocycles. The molecular weight excluding hydrogens is 294 g/mol. The van der Waals surface area contributed by atoms with E-state index >= 15 is 0 Å². The van der Waals surface area contributed by atoms with Gasteiger partial charge in [-0.1, -0.05) is 24.3 Å². The van der Waals surface area contributed by atoms with E-state index in [4.69, 9.17) is 10.1 Å². The number of aliphatic hydroxyl groups is 1. The van der Waals surface area contributed by atoms with Gasteiger partial charge in [-0.3, -0.25) is 9.47 Å². The van der Waals surface area contributed by atoms with Gasteiger partial charge in [0.25, 0.3) is 0 Å². The van der Waals surface area contributed by atoms with E-state index < -0.39 is 0 Å². The molecule has 3 aromatic rings. The number of fused-ring (bicyclic) bond motifs is 1. The third kappa shape index (κ3) is 3.06. The molecule has 1 N–H and O–H groups in total. The molecule has 2 heterocycles. The third-order valence-corrected chi connectivity index (χ3v) is 4.84. The van der Waals surface area contributed by atoms with E-state index in [1.165, 1.54) is 16.0 Å². The summed E-state index contributed by atoms with van der Waals surface area (Å²) in [5, 5.41) is 10.1. The molecule has 0 atom stereocenters. The van der Waals surface area contributed by atoms with Crippen molar-refractivity contribution in [3.63, 3.8) is 0 Å². The van der Waals surface area contributed by atoms with Gasteiger partial charge in [-0.25, -0.2) is 4.98 Å². The Labute approximate surface area is 134 Å². The number of nitrogens with zero attached hydrogens (tertiary/aromatic N) is 3. The van der Waals surface area contributed by atoms with Crippen LogP contribution in [-0.2, 0) is 6.54 Å². The Bertz CT molecular complexity index is 762. The second-order valence-corrected chi connectivity index (χ2v) is 6.44. The van der Waals surface area contributed by atoms with Crippen LogP contribution in [0.2, 0.25) is 0 Å². The molecule has 5 heteroatoms. The maximum Gasteiger partial charge on any atom is 0.194 e. The van der Waals surface area contributed by atoms with Crippen molar-refractivity contribution in [2.24, 2.45) is 0 Å². The summed E-state index contributed by atoms with van der Waals surface area (Å²) in [6, 6.07) is 10.5. The highest BCUT2D eigenvalue weighted by Gasteiger charge is 2.11. The maximum atomic E-state index is 9.15. The first-order valence-electron chi connectivity index (χ1n) is 7.58. The van der Waals surface area contributed by atoms with E-state index in [2.05, 4.69) is 59.8 Å². The van der Waals surface area contributed by atoms with Gasteiger partial charge >= 0.3 is 0 Å². The number of aliphatic hydroxyl groups excluding tert-OH is 1. The summed E-state index contributed by atoms with van der Waals surface area (Å²) in [5.41, 5.74) is 3.51. The first-order valence-corrected chi connectivity index (χ1v) is 8.40. The molecular formula is C17H21N3OS. The smallest absolute Gasteiger partial charge is 0.194 e. The first kappa shape index (κ1) is 15.2. The predicted molar refractivity (Wildman–Crippen MR) is 91.7 cm³/mol. The highest BCUT2D eigenvalue weighted by Crippen LogP contribution is 2.27. The van der Waals surface area contributed by atoms with Crippen LogP contribution in [0.1, 0.15) is 18.2 Å². The second kappa shape index (κ2) is 6.60. The zero-order valence-corrected chi connectivity index (χ0v) is 13.8. The summed E-state index contributed by atoms with van der Waals surface area (Å²) in [6.45, 7) is 6.84. The van der Waals surface area contributed by atoms with Crippen molar-refractivity contribution in [2.75, 3.05) is 19.7 Å². The second-order valence-electron chi connectivity index (χ2n) is 5.43. The van der Waals surface area contributed by atoms with Gasteiger partial charge in [0.15, 0.2) is 5.13 Å². The molecule has 0 fully saturated rings. The highest BCUT2D eigenvalue weighted by atomic mass is 32.1. The minimum absolute atomic E-state index is 0.189. The number of rotatable bonds is 6. The Morgan fingerprint density at radius 2 is 2.18 bits per heavy atom. The van der Waals surface area contributed by atoms with Gasteiger partial charge in [-0.05, 0) is 43.3 Å². The summed E-state index contributed by atoms with van der Waals surface area (Å²) in [5.74, 6) is 0. The molecule has 22 heavy (non-hydrogen) atoms. The van der Waals surface area contributed by atoms with E-state index in [1.807, 2.05) is 0 Å². The molecule has 0 aliphatic heterocycles. The molecule has 0 spiro atoms. The molecule has 0 unspecified atom stereocenters. The Kier molecular flexibility index (Phi) is 4.57. The first-order chi connectivity index (χ1) is 10.7. The minimum Gasteiger partial charge on any atom is -0.395 e. The molecule has 0 aliphatic rings. The Morgan fingerprint density at radius 3 is 2.95 bits per heavy atom. The van der Waals surface area contributed by atoms with Gasteiger partial charge in [0, 0.05) is 25.0 Å². The summed E-state index contributed by atoms with van der Waals surface area (Å²) >= 11 is 1.72. The molecule has 0 radical (unpaired) electrons. The Hall–Kier alpha value is -1.69. The molecule has 0 aliphatic carbocycles. The van der Waals surface area contributed by atoms with Gasteiger partial charge in [0.05, 0.1) is 16.8 Å². The van der Waals surface area contributed by atoms with Gasteiger partial charge < -0.3 is 5.11 Å². The molecule has 0 bridgehead atoms. The molecule has 0 amide bonds. The predicted octanol–water partition coefficient (Wildman–Crippen LogP) is 3.21. The number of aromatic nitrogens is 2. The van der Waals surface area contributed by atoms with Gasteiger partial charge in [0.1, 0.15) is 0 Å². The summed E-state index contributed by atoms with van der Waals surface area (Å²) < 4.78 is 3.37. The van der Waals surface area contributed by atoms with E-state index in [0.29, 0.717) is 6.54 Å². The molecule has 116 valence electrons. The van der Waals surface area contributed by atoms with Crippen LogP contribution in [0.5, 0.6) is 0 Å². The topological polar surface area (TPSA) is 41.3 Å². The van der Waals surface area contributed by atoms with Crippen molar-refractivity contribution in [3.8, 4) is 5.13 Å². The molecule has 0 saturated heterocycles. The van der Waals surface area contributed by atoms with Crippen molar-refractivity contribution in [3.05, 3.63) is 47.8 Å². The number of thiazole rings is 1. The number of aryl methyl sites for hydroxylation is 1. The zero-order valence-electron chi connectivity index (χ0n) is 13.0. The summed E-state index contributed by atoms with van der Waals surface area (Å²) in [4.78, 5) is 6.98. The summed E-state index contributed by atoms with van der Waals surface area (Å²) in [7, 11) is 0.